The molecule has 0 aliphatic rings. The van der Waals surface area contributed by atoms with Gasteiger partial charge in [0.25, 0.3) is 0 Å². The van der Waals surface area contributed by atoms with Crippen LogP contribution in [-0.2, 0) is 4.74 Å². The third-order valence-electron chi connectivity index (χ3n) is 1.83. The Kier molecular flexibility index (Phi) is 5.20. The summed E-state index contributed by atoms with van der Waals surface area (Å²) in [4.78, 5) is 11.1. The molecule has 78 valence electrons. The second-order valence-corrected chi connectivity index (χ2v) is 2.91. The average molecular weight is 216 g/mol. The van der Waals surface area contributed by atoms with Crippen LogP contribution in [0.4, 0.5) is 0 Å². The van der Waals surface area contributed by atoms with Crippen molar-refractivity contribution in [3.8, 4) is 0 Å². The van der Waals surface area contributed by atoms with Gasteiger partial charge in [-0.25, -0.2) is 4.79 Å². The van der Waals surface area contributed by atoms with Gasteiger partial charge in [-0.3, -0.25) is 0 Å². The summed E-state index contributed by atoms with van der Waals surface area (Å²) in [5.74, 6) is -0.331. The molecule has 0 radical (unpaired) electrons. The van der Waals surface area contributed by atoms with Gasteiger partial charge in [0.1, 0.15) is 0 Å². The first-order chi connectivity index (χ1) is 6.15. The maximum atomic E-state index is 11.1. The number of rotatable bonds is 2. The van der Waals surface area contributed by atoms with Gasteiger partial charge in [0, 0.05) is 6.04 Å². The number of hydrogen-bond acceptors (Lipinski definition) is 3. The van der Waals surface area contributed by atoms with Gasteiger partial charge in [0.05, 0.1) is 12.7 Å². The summed E-state index contributed by atoms with van der Waals surface area (Å²) in [5.41, 5.74) is 7.14. The van der Waals surface area contributed by atoms with Crippen molar-refractivity contribution in [3.63, 3.8) is 0 Å². The Bertz CT molecular complexity index is 313. The lowest BCUT2D eigenvalue weighted by atomic mass is 10.1. The van der Waals surface area contributed by atoms with Crippen molar-refractivity contribution in [2.45, 2.75) is 13.0 Å². The first-order valence-corrected chi connectivity index (χ1v) is 4.09. The second kappa shape index (κ2) is 5.62. The zero-order chi connectivity index (χ0) is 9.84. The number of methoxy groups -OCH3 is 1. The molecule has 1 aromatic rings. The quantitative estimate of drug-likeness (QED) is 0.767. The monoisotopic (exact) mass is 215 g/mol. The zero-order valence-electron chi connectivity index (χ0n) is 8.19. The lowest BCUT2D eigenvalue weighted by molar-refractivity contribution is 0.0600. The van der Waals surface area contributed by atoms with Crippen LogP contribution >= 0.6 is 12.4 Å². The Morgan fingerprint density at radius 1 is 1.50 bits per heavy atom. The number of hydrogen-bond donors (Lipinski definition) is 1. The van der Waals surface area contributed by atoms with Crippen LogP contribution in [0.15, 0.2) is 24.3 Å². The number of carbonyl (C=O) groups is 1. The first-order valence-electron chi connectivity index (χ1n) is 4.09. The maximum Gasteiger partial charge on any atom is 0.337 e. The fourth-order valence-corrected chi connectivity index (χ4v) is 1.07. The van der Waals surface area contributed by atoms with E-state index in [1.165, 1.54) is 7.11 Å². The van der Waals surface area contributed by atoms with Gasteiger partial charge in [0.15, 0.2) is 0 Å². The fourth-order valence-electron chi connectivity index (χ4n) is 1.07. The molecule has 0 heterocycles. The van der Waals surface area contributed by atoms with E-state index in [-0.39, 0.29) is 24.4 Å². The van der Waals surface area contributed by atoms with E-state index in [1.54, 1.807) is 18.2 Å². The third-order valence-corrected chi connectivity index (χ3v) is 1.83. The zero-order valence-corrected chi connectivity index (χ0v) is 9.01. The Hall–Kier alpha value is -1.06. The molecule has 0 saturated heterocycles. The Labute approximate surface area is 89.7 Å². The number of nitrogens with two attached hydrogens (primary N) is 1. The van der Waals surface area contributed by atoms with Crippen LogP contribution in [0.5, 0.6) is 0 Å². The molecular weight excluding hydrogens is 202 g/mol. The van der Waals surface area contributed by atoms with Crippen LogP contribution in [-0.4, -0.2) is 13.1 Å². The molecule has 2 N–H and O–H groups in total. The minimum absolute atomic E-state index is 0. The molecule has 3 nitrogen and oxygen atoms in total. The molecule has 0 fully saturated rings. The van der Waals surface area contributed by atoms with Gasteiger partial charge >= 0.3 is 5.97 Å². The van der Waals surface area contributed by atoms with Gasteiger partial charge in [-0.1, -0.05) is 12.1 Å². The molecule has 1 rings (SSSR count). The Morgan fingerprint density at radius 2 is 2.14 bits per heavy atom. The van der Waals surface area contributed by atoms with Gasteiger partial charge in [-0.15, -0.1) is 12.4 Å². The maximum absolute atomic E-state index is 11.1. The van der Waals surface area contributed by atoms with Crippen molar-refractivity contribution in [1.29, 1.82) is 0 Å². The Morgan fingerprint density at radius 3 is 2.64 bits per heavy atom. The standard InChI is InChI=1S/C10H13NO2.ClH/c1-7(11)8-4-3-5-9(6-8)10(12)13-2;/h3-7H,11H2,1-2H3;1H/t7-;/m0./s1. The largest absolute Gasteiger partial charge is 0.465 e. The second-order valence-electron chi connectivity index (χ2n) is 2.91. The van der Waals surface area contributed by atoms with E-state index < -0.39 is 0 Å². The van der Waals surface area contributed by atoms with Gasteiger partial charge in [-0.2, -0.15) is 0 Å². The van der Waals surface area contributed by atoms with Crippen LogP contribution < -0.4 is 5.73 Å². The third kappa shape index (κ3) is 3.01. The molecule has 0 aromatic heterocycles. The van der Waals surface area contributed by atoms with Crippen molar-refractivity contribution < 1.29 is 9.53 Å². The molecule has 4 heteroatoms. The molecule has 0 spiro atoms. The van der Waals surface area contributed by atoms with Gasteiger partial charge in [0.2, 0.25) is 0 Å². The SMILES string of the molecule is COC(=O)c1cccc([C@H](C)N)c1.Cl. The summed E-state index contributed by atoms with van der Waals surface area (Å²) in [7, 11) is 1.36. The first kappa shape index (κ1) is 12.9. The molecule has 1 atom stereocenters. The summed E-state index contributed by atoms with van der Waals surface area (Å²) >= 11 is 0. The molecule has 0 unspecified atom stereocenters. The van der Waals surface area contributed by atoms with Crippen molar-refractivity contribution >= 4 is 18.4 Å². The van der Waals surface area contributed by atoms with Crippen LogP contribution in [0.3, 0.4) is 0 Å². The normalized spacial score (nSPS) is 11.4. The van der Waals surface area contributed by atoms with Crippen molar-refractivity contribution in [2.75, 3.05) is 7.11 Å². The van der Waals surface area contributed by atoms with E-state index in [9.17, 15) is 4.79 Å². The molecule has 0 bridgehead atoms. The van der Waals surface area contributed by atoms with Gasteiger partial charge in [-0.05, 0) is 24.6 Å². The highest BCUT2D eigenvalue weighted by Gasteiger charge is 2.06. The van der Waals surface area contributed by atoms with Crippen molar-refractivity contribution in [3.05, 3.63) is 35.4 Å². The topological polar surface area (TPSA) is 52.3 Å². The lowest BCUT2D eigenvalue weighted by Crippen LogP contribution is -2.07. The highest BCUT2D eigenvalue weighted by atomic mass is 35.5. The number of carbonyl (C=O) groups excluding carboxylic acids is 1. The minimum atomic E-state index is -0.331. The van der Waals surface area contributed by atoms with Crippen molar-refractivity contribution in [1.82, 2.24) is 0 Å². The molecule has 0 aliphatic carbocycles. The Balaban J connectivity index is 0.00000169. The summed E-state index contributed by atoms with van der Waals surface area (Å²) < 4.78 is 4.59. The predicted molar refractivity (Wildman–Crippen MR) is 57.6 cm³/mol. The smallest absolute Gasteiger partial charge is 0.337 e. The molecule has 0 amide bonds. The summed E-state index contributed by atoms with van der Waals surface area (Å²) in [6, 6.07) is 7.07. The number of esters is 1. The summed E-state index contributed by atoms with van der Waals surface area (Å²) in [6.45, 7) is 1.87. The van der Waals surface area contributed by atoms with E-state index in [4.69, 9.17) is 5.73 Å². The van der Waals surface area contributed by atoms with Crippen LogP contribution in [0.2, 0.25) is 0 Å². The van der Waals surface area contributed by atoms with E-state index in [1.807, 2.05) is 13.0 Å². The molecule has 14 heavy (non-hydrogen) atoms. The molecule has 0 saturated carbocycles. The van der Waals surface area contributed by atoms with E-state index in [2.05, 4.69) is 4.74 Å². The van der Waals surface area contributed by atoms with Crippen LogP contribution in [0, 0.1) is 0 Å². The highest BCUT2D eigenvalue weighted by Crippen LogP contribution is 2.12. The molecule has 0 aliphatic heterocycles. The highest BCUT2D eigenvalue weighted by molar-refractivity contribution is 5.89. The molecular formula is C10H14ClNO2. The number of benzene rings is 1. The fraction of sp³-hybridized carbons (Fsp3) is 0.300. The lowest BCUT2D eigenvalue weighted by Gasteiger charge is -2.06. The van der Waals surface area contributed by atoms with Crippen molar-refractivity contribution in [2.24, 2.45) is 5.73 Å². The minimum Gasteiger partial charge on any atom is -0.465 e. The van der Waals surface area contributed by atoms with Crippen LogP contribution in [0.1, 0.15) is 28.9 Å². The summed E-state index contributed by atoms with van der Waals surface area (Å²) in [6.07, 6.45) is 0. The molecule has 1 aromatic carbocycles. The summed E-state index contributed by atoms with van der Waals surface area (Å²) in [5, 5.41) is 0. The number of halogens is 1. The van der Waals surface area contributed by atoms with E-state index in [0.717, 1.165) is 5.56 Å². The predicted octanol–water partition coefficient (Wildman–Crippen LogP) is 1.91. The van der Waals surface area contributed by atoms with E-state index >= 15 is 0 Å². The van der Waals surface area contributed by atoms with Crippen LogP contribution in [0.25, 0.3) is 0 Å². The average Bonchev–Trinajstić information content (AvgIpc) is 2.17. The van der Waals surface area contributed by atoms with Gasteiger partial charge < -0.3 is 10.5 Å². The number of ether oxygens (including phenoxy) is 1. The van der Waals surface area contributed by atoms with E-state index in [0.29, 0.717) is 5.56 Å².